The Kier molecular flexibility index (Phi) is 3.75. The minimum atomic E-state index is -0.456. The highest BCUT2D eigenvalue weighted by Crippen LogP contribution is 2.26. The van der Waals surface area contributed by atoms with Gasteiger partial charge < -0.3 is 10.2 Å². The average Bonchev–Trinajstić information content (AvgIpc) is 2.27. The molecule has 0 aliphatic heterocycles. The number of allylic oxidation sites excluding steroid dienone is 3. The molecule has 2 unspecified atom stereocenters. The lowest BCUT2D eigenvalue weighted by molar-refractivity contribution is 0.162. The Hall–Kier alpha value is -1.02. The largest absolute Gasteiger partial charge is 0.508 e. The van der Waals surface area contributed by atoms with Gasteiger partial charge in [-0.1, -0.05) is 32.4 Å². The van der Waals surface area contributed by atoms with Crippen LogP contribution >= 0.6 is 0 Å². The summed E-state index contributed by atoms with van der Waals surface area (Å²) >= 11 is 0. The molecule has 2 nitrogen and oxygen atoms in total. The third-order valence-corrected chi connectivity index (χ3v) is 2.94. The van der Waals surface area contributed by atoms with E-state index in [1.807, 2.05) is 33.8 Å². The van der Waals surface area contributed by atoms with E-state index in [-0.39, 0.29) is 17.6 Å². The first kappa shape index (κ1) is 12.1. The molecule has 2 atom stereocenters. The van der Waals surface area contributed by atoms with E-state index in [0.717, 1.165) is 11.1 Å². The molecule has 0 aromatic heterocycles. The van der Waals surface area contributed by atoms with Crippen molar-refractivity contribution in [3.8, 4) is 0 Å². The van der Waals surface area contributed by atoms with Gasteiger partial charge in [-0.3, -0.25) is 0 Å². The molecule has 2 heteroatoms. The first-order chi connectivity index (χ1) is 6.93. The smallest absolute Gasteiger partial charge is 0.112 e. The van der Waals surface area contributed by atoms with E-state index < -0.39 is 6.10 Å². The maximum Gasteiger partial charge on any atom is 0.112 e. The van der Waals surface area contributed by atoms with E-state index >= 15 is 0 Å². The summed E-state index contributed by atoms with van der Waals surface area (Å²) in [5.74, 6) is 0.628. The third kappa shape index (κ3) is 2.72. The first-order valence-electron chi connectivity index (χ1n) is 5.41. The summed E-state index contributed by atoms with van der Waals surface area (Å²) in [5.41, 5.74) is 2.05. The average molecular weight is 208 g/mol. The summed E-state index contributed by atoms with van der Waals surface area (Å²) in [6, 6.07) is 0. The maximum atomic E-state index is 10.0. The van der Waals surface area contributed by atoms with Gasteiger partial charge in [0.2, 0.25) is 0 Å². The Morgan fingerprint density at radius 1 is 1.27 bits per heavy atom. The van der Waals surface area contributed by atoms with E-state index in [1.54, 1.807) is 12.2 Å². The van der Waals surface area contributed by atoms with Crippen LogP contribution in [0, 0.1) is 11.8 Å². The van der Waals surface area contributed by atoms with Gasteiger partial charge in [0.1, 0.15) is 5.76 Å². The molecule has 1 aliphatic rings. The van der Waals surface area contributed by atoms with E-state index in [9.17, 15) is 10.2 Å². The summed E-state index contributed by atoms with van der Waals surface area (Å²) in [5, 5.41) is 19.5. The number of hydrogen-bond donors (Lipinski definition) is 2. The van der Waals surface area contributed by atoms with Crippen LogP contribution in [0.2, 0.25) is 0 Å². The minimum Gasteiger partial charge on any atom is -0.508 e. The molecule has 0 radical (unpaired) electrons. The molecule has 0 saturated carbocycles. The second-order valence-corrected chi connectivity index (χ2v) is 4.54. The molecule has 15 heavy (non-hydrogen) atoms. The van der Waals surface area contributed by atoms with Crippen molar-refractivity contribution in [2.45, 2.75) is 33.8 Å². The lowest BCUT2D eigenvalue weighted by atomic mass is 9.90. The van der Waals surface area contributed by atoms with Crippen molar-refractivity contribution in [3.05, 3.63) is 35.1 Å². The van der Waals surface area contributed by atoms with Gasteiger partial charge in [-0.05, 0) is 36.5 Å². The molecule has 2 N–H and O–H groups in total. The highest BCUT2D eigenvalue weighted by atomic mass is 16.3. The van der Waals surface area contributed by atoms with Gasteiger partial charge in [0.25, 0.3) is 0 Å². The second kappa shape index (κ2) is 4.67. The zero-order chi connectivity index (χ0) is 11.6. The van der Waals surface area contributed by atoms with Crippen LogP contribution in [0.5, 0.6) is 0 Å². The third-order valence-electron chi connectivity index (χ3n) is 2.94. The van der Waals surface area contributed by atoms with Crippen molar-refractivity contribution >= 4 is 0 Å². The SMILES string of the molecule is CC1=C(C(O)C(C)C)C=CC(O)=CC1C. The van der Waals surface area contributed by atoms with Crippen LogP contribution in [0.3, 0.4) is 0 Å². The van der Waals surface area contributed by atoms with Crippen molar-refractivity contribution in [2.75, 3.05) is 0 Å². The normalized spacial score (nSPS) is 24.1. The molecule has 0 amide bonds. The Morgan fingerprint density at radius 3 is 2.40 bits per heavy atom. The summed E-state index contributed by atoms with van der Waals surface area (Å²) in [7, 11) is 0. The predicted octanol–water partition coefficient (Wildman–Crippen LogP) is 2.97. The van der Waals surface area contributed by atoms with Crippen LogP contribution in [-0.4, -0.2) is 16.3 Å². The molecule has 0 aromatic rings. The monoisotopic (exact) mass is 208 g/mol. The van der Waals surface area contributed by atoms with Crippen LogP contribution in [0.4, 0.5) is 0 Å². The van der Waals surface area contributed by atoms with E-state index in [1.165, 1.54) is 0 Å². The summed E-state index contributed by atoms with van der Waals surface area (Å²) in [4.78, 5) is 0. The van der Waals surface area contributed by atoms with Crippen LogP contribution in [0.15, 0.2) is 35.1 Å². The van der Waals surface area contributed by atoms with Gasteiger partial charge in [-0.15, -0.1) is 0 Å². The van der Waals surface area contributed by atoms with Crippen molar-refractivity contribution in [2.24, 2.45) is 11.8 Å². The van der Waals surface area contributed by atoms with Crippen molar-refractivity contribution in [1.82, 2.24) is 0 Å². The van der Waals surface area contributed by atoms with Gasteiger partial charge in [-0.25, -0.2) is 0 Å². The molecule has 0 aromatic carbocycles. The lowest BCUT2D eigenvalue weighted by Crippen LogP contribution is -2.18. The summed E-state index contributed by atoms with van der Waals surface area (Å²) in [6.07, 6.45) is 4.80. The molecule has 0 bridgehead atoms. The minimum absolute atomic E-state index is 0.170. The van der Waals surface area contributed by atoms with Gasteiger partial charge in [0.15, 0.2) is 0 Å². The van der Waals surface area contributed by atoms with Gasteiger partial charge >= 0.3 is 0 Å². The molecular weight excluding hydrogens is 188 g/mol. The van der Waals surface area contributed by atoms with Gasteiger partial charge in [0.05, 0.1) is 6.10 Å². The molecule has 1 aliphatic carbocycles. The Morgan fingerprint density at radius 2 is 1.87 bits per heavy atom. The molecule has 0 saturated heterocycles. The number of rotatable bonds is 2. The van der Waals surface area contributed by atoms with E-state index in [0.29, 0.717) is 0 Å². The number of hydrogen-bond acceptors (Lipinski definition) is 2. The fourth-order valence-electron chi connectivity index (χ4n) is 1.70. The van der Waals surface area contributed by atoms with Crippen molar-refractivity contribution in [3.63, 3.8) is 0 Å². The number of aliphatic hydroxyl groups excluding tert-OH is 2. The molecule has 0 heterocycles. The molecule has 84 valence electrons. The standard InChI is InChI=1S/C13H20O2/c1-8(2)13(15)12-6-5-11(14)7-9(3)10(12)4/h5-9,13-15H,1-4H3. The Labute approximate surface area is 91.6 Å². The van der Waals surface area contributed by atoms with Crippen LogP contribution in [0.1, 0.15) is 27.7 Å². The highest BCUT2D eigenvalue weighted by molar-refractivity contribution is 5.37. The van der Waals surface area contributed by atoms with Gasteiger partial charge in [-0.2, -0.15) is 0 Å². The van der Waals surface area contributed by atoms with Crippen molar-refractivity contribution < 1.29 is 10.2 Å². The second-order valence-electron chi connectivity index (χ2n) is 4.54. The van der Waals surface area contributed by atoms with E-state index in [2.05, 4.69) is 0 Å². The first-order valence-corrected chi connectivity index (χ1v) is 5.41. The van der Waals surface area contributed by atoms with Crippen molar-refractivity contribution in [1.29, 1.82) is 0 Å². The van der Waals surface area contributed by atoms with E-state index in [4.69, 9.17) is 0 Å². The fraction of sp³-hybridized carbons (Fsp3) is 0.538. The maximum absolute atomic E-state index is 10.0. The molecule has 0 fully saturated rings. The zero-order valence-electron chi connectivity index (χ0n) is 9.86. The quantitative estimate of drug-likeness (QED) is 0.732. The predicted molar refractivity (Wildman–Crippen MR) is 62.6 cm³/mol. The molecule has 0 spiro atoms. The Bertz CT molecular complexity index is 321. The Balaban J connectivity index is 3.06. The fourth-order valence-corrected chi connectivity index (χ4v) is 1.70. The molecule has 1 rings (SSSR count). The van der Waals surface area contributed by atoms with Crippen LogP contribution < -0.4 is 0 Å². The summed E-state index contributed by atoms with van der Waals surface area (Å²) < 4.78 is 0. The van der Waals surface area contributed by atoms with Crippen LogP contribution in [-0.2, 0) is 0 Å². The number of aliphatic hydroxyl groups is 2. The molecular formula is C13H20O2. The zero-order valence-corrected chi connectivity index (χ0v) is 9.86. The topological polar surface area (TPSA) is 40.5 Å². The van der Waals surface area contributed by atoms with Crippen LogP contribution in [0.25, 0.3) is 0 Å². The summed E-state index contributed by atoms with van der Waals surface area (Å²) in [6.45, 7) is 8.00. The lowest BCUT2D eigenvalue weighted by Gasteiger charge is -2.20. The highest BCUT2D eigenvalue weighted by Gasteiger charge is 2.19. The van der Waals surface area contributed by atoms with Gasteiger partial charge in [0, 0.05) is 0 Å².